The first-order valence-electron chi connectivity index (χ1n) is 10.9. The molecule has 4 amide bonds. The molecule has 1 heterocycles. The molecule has 1 aliphatic rings. The smallest absolute Gasteiger partial charge is 0.326 e. The normalized spacial score (nSPS) is 18.7. The van der Waals surface area contributed by atoms with Gasteiger partial charge >= 0.3 is 5.97 Å². The molecule has 0 saturated carbocycles. The van der Waals surface area contributed by atoms with E-state index < -0.39 is 53.8 Å². The Morgan fingerprint density at radius 2 is 1.75 bits per heavy atom. The van der Waals surface area contributed by atoms with Crippen LogP contribution < -0.4 is 27.8 Å². The average Bonchev–Trinajstić information content (AvgIpc) is 3.20. The monoisotopic (exact) mass is 456 g/mol. The van der Waals surface area contributed by atoms with Crippen LogP contribution in [0.25, 0.3) is 0 Å². The quantitative estimate of drug-likeness (QED) is 0.170. The third-order valence-electron chi connectivity index (χ3n) is 5.39. The van der Waals surface area contributed by atoms with E-state index in [0.717, 1.165) is 0 Å². The number of rotatable bonds is 13. The molecule has 0 aromatic heterocycles. The van der Waals surface area contributed by atoms with Crippen LogP contribution in [-0.2, 0) is 24.0 Å². The molecule has 9 N–H and O–H groups in total. The summed E-state index contributed by atoms with van der Waals surface area (Å²) in [6.07, 6.45) is 1.95. The highest BCUT2D eigenvalue weighted by molar-refractivity contribution is 5.95. The van der Waals surface area contributed by atoms with Gasteiger partial charge in [0.25, 0.3) is 0 Å². The molecule has 0 spiro atoms. The van der Waals surface area contributed by atoms with E-state index in [1.165, 1.54) is 4.90 Å². The summed E-state index contributed by atoms with van der Waals surface area (Å²) in [5.74, 6) is -3.94. The number of likely N-dealkylation sites (tertiary alicyclic amines) is 1. The number of nitrogens with one attached hydrogen (secondary N) is 2. The first kappa shape index (κ1) is 27.3. The van der Waals surface area contributed by atoms with Gasteiger partial charge in [0.1, 0.15) is 18.1 Å². The van der Waals surface area contributed by atoms with Crippen LogP contribution in [0.5, 0.6) is 0 Å². The highest BCUT2D eigenvalue weighted by Gasteiger charge is 2.39. The van der Waals surface area contributed by atoms with Crippen LogP contribution in [0, 0.1) is 5.92 Å². The number of nitrogens with zero attached hydrogens (tertiary/aromatic N) is 1. The molecule has 32 heavy (non-hydrogen) atoms. The van der Waals surface area contributed by atoms with Gasteiger partial charge in [0.05, 0.1) is 12.5 Å². The van der Waals surface area contributed by atoms with E-state index in [0.29, 0.717) is 38.8 Å². The Morgan fingerprint density at radius 3 is 2.28 bits per heavy atom. The van der Waals surface area contributed by atoms with E-state index in [1.54, 1.807) is 13.8 Å². The predicted molar refractivity (Wildman–Crippen MR) is 116 cm³/mol. The number of aliphatic carboxylic acids is 1. The maximum Gasteiger partial charge on any atom is 0.326 e. The number of primary amides is 1. The second-order valence-electron chi connectivity index (χ2n) is 8.38. The second kappa shape index (κ2) is 13.0. The lowest BCUT2D eigenvalue weighted by atomic mass is 10.0. The van der Waals surface area contributed by atoms with E-state index in [-0.39, 0.29) is 18.8 Å². The van der Waals surface area contributed by atoms with Gasteiger partial charge in [-0.15, -0.1) is 0 Å². The van der Waals surface area contributed by atoms with E-state index in [1.807, 2.05) is 0 Å². The number of hydrogen-bond donors (Lipinski definition) is 6. The Hall–Kier alpha value is -2.73. The Kier molecular flexibility index (Phi) is 11.1. The number of hydrogen-bond acceptors (Lipinski definition) is 7. The molecule has 0 aliphatic carbocycles. The lowest BCUT2D eigenvalue weighted by molar-refractivity contribution is -0.150. The molecule has 0 radical (unpaired) electrons. The molecule has 12 heteroatoms. The van der Waals surface area contributed by atoms with Crippen LogP contribution in [0.15, 0.2) is 0 Å². The van der Waals surface area contributed by atoms with Crippen molar-refractivity contribution in [1.29, 1.82) is 0 Å². The minimum atomic E-state index is -1.21. The van der Waals surface area contributed by atoms with Gasteiger partial charge in [-0.1, -0.05) is 13.8 Å². The number of nitrogens with two attached hydrogens (primary N) is 3. The van der Waals surface area contributed by atoms with Crippen molar-refractivity contribution in [3.8, 4) is 0 Å². The van der Waals surface area contributed by atoms with Crippen molar-refractivity contribution in [2.45, 2.75) is 76.5 Å². The molecular weight excluding hydrogens is 420 g/mol. The SMILES string of the molecule is CC(C)[C@H](NC(=O)[C@H](CCCCN)NC(=O)[C@@H](N)CC(N)=O)C(=O)N1CCC[C@H]1C(=O)O. The number of carboxylic acids is 1. The van der Waals surface area contributed by atoms with Crippen LogP contribution in [0.2, 0.25) is 0 Å². The van der Waals surface area contributed by atoms with E-state index in [4.69, 9.17) is 17.2 Å². The Balaban J connectivity index is 2.95. The van der Waals surface area contributed by atoms with E-state index in [2.05, 4.69) is 10.6 Å². The third kappa shape index (κ3) is 8.08. The fraction of sp³-hybridized carbons (Fsp3) is 0.750. The van der Waals surface area contributed by atoms with Crippen molar-refractivity contribution in [3.05, 3.63) is 0 Å². The fourth-order valence-corrected chi connectivity index (χ4v) is 3.58. The highest BCUT2D eigenvalue weighted by Crippen LogP contribution is 2.20. The van der Waals surface area contributed by atoms with Gasteiger partial charge < -0.3 is 37.8 Å². The molecule has 1 aliphatic heterocycles. The summed E-state index contributed by atoms with van der Waals surface area (Å²) in [6, 6.07) is -4.10. The van der Waals surface area contributed by atoms with Crippen LogP contribution >= 0.6 is 0 Å². The minimum Gasteiger partial charge on any atom is -0.480 e. The number of amides is 4. The van der Waals surface area contributed by atoms with Crippen molar-refractivity contribution < 1.29 is 29.1 Å². The lowest BCUT2D eigenvalue weighted by Gasteiger charge is -2.30. The third-order valence-corrected chi connectivity index (χ3v) is 5.39. The first-order chi connectivity index (χ1) is 15.0. The topological polar surface area (TPSA) is 211 Å². The Labute approximate surface area is 187 Å². The second-order valence-corrected chi connectivity index (χ2v) is 8.38. The predicted octanol–water partition coefficient (Wildman–Crippen LogP) is -1.98. The van der Waals surface area contributed by atoms with Gasteiger partial charge in [-0.25, -0.2) is 4.79 Å². The summed E-state index contributed by atoms with van der Waals surface area (Å²) in [7, 11) is 0. The summed E-state index contributed by atoms with van der Waals surface area (Å²) >= 11 is 0. The lowest BCUT2D eigenvalue weighted by Crippen LogP contribution is -2.58. The molecule has 0 unspecified atom stereocenters. The zero-order valence-corrected chi connectivity index (χ0v) is 18.7. The van der Waals surface area contributed by atoms with Gasteiger partial charge in [-0.2, -0.15) is 0 Å². The largest absolute Gasteiger partial charge is 0.480 e. The zero-order valence-electron chi connectivity index (χ0n) is 18.7. The molecule has 1 fully saturated rings. The summed E-state index contributed by atoms with van der Waals surface area (Å²) in [6.45, 7) is 4.18. The Bertz CT molecular complexity index is 700. The van der Waals surface area contributed by atoms with Crippen LogP contribution in [0.4, 0.5) is 0 Å². The van der Waals surface area contributed by atoms with Crippen LogP contribution in [0.3, 0.4) is 0 Å². The maximum atomic E-state index is 13.0. The minimum absolute atomic E-state index is 0.249. The Morgan fingerprint density at radius 1 is 1.09 bits per heavy atom. The summed E-state index contributed by atoms with van der Waals surface area (Å²) in [4.78, 5) is 62.1. The van der Waals surface area contributed by atoms with Crippen molar-refractivity contribution >= 4 is 29.6 Å². The van der Waals surface area contributed by atoms with E-state index in [9.17, 15) is 29.1 Å². The van der Waals surface area contributed by atoms with Gasteiger partial charge in [0, 0.05) is 6.54 Å². The van der Waals surface area contributed by atoms with Crippen LogP contribution in [-0.4, -0.2) is 76.9 Å². The van der Waals surface area contributed by atoms with Crippen molar-refractivity contribution in [1.82, 2.24) is 15.5 Å². The zero-order chi connectivity index (χ0) is 24.4. The molecule has 12 nitrogen and oxygen atoms in total. The summed E-state index contributed by atoms with van der Waals surface area (Å²) in [5.41, 5.74) is 16.2. The van der Waals surface area contributed by atoms with Crippen LogP contribution in [0.1, 0.15) is 52.4 Å². The summed E-state index contributed by atoms with van der Waals surface area (Å²) in [5, 5.41) is 14.6. The number of unbranched alkanes of at least 4 members (excludes halogenated alkanes) is 1. The molecule has 182 valence electrons. The van der Waals surface area contributed by atoms with Gasteiger partial charge in [-0.05, 0) is 44.6 Å². The standard InChI is InChI=1S/C20H36N6O6/c1-11(2)16(19(30)26-9-5-7-14(26)20(31)32)25-18(29)13(6-3-4-8-21)24-17(28)12(22)10-15(23)27/h11-14,16H,3-10,21-22H2,1-2H3,(H2,23,27)(H,24,28)(H,25,29)(H,31,32)/t12-,13-,14-,16-/m0/s1. The molecule has 0 aromatic carbocycles. The number of carbonyl (C=O) groups is 5. The van der Waals surface area contributed by atoms with Crippen molar-refractivity contribution in [3.63, 3.8) is 0 Å². The van der Waals surface area contributed by atoms with Crippen molar-refractivity contribution in [2.24, 2.45) is 23.1 Å². The summed E-state index contributed by atoms with van der Waals surface area (Å²) < 4.78 is 0. The first-order valence-corrected chi connectivity index (χ1v) is 10.9. The highest BCUT2D eigenvalue weighted by atomic mass is 16.4. The number of carbonyl (C=O) groups excluding carboxylic acids is 4. The van der Waals surface area contributed by atoms with Gasteiger partial charge in [-0.3, -0.25) is 19.2 Å². The molecule has 1 rings (SSSR count). The molecular formula is C20H36N6O6. The van der Waals surface area contributed by atoms with Gasteiger partial charge in [0.2, 0.25) is 23.6 Å². The average molecular weight is 457 g/mol. The molecule has 4 atom stereocenters. The number of carboxylic acid groups (broad SMARTS) is 1. The molecule has 1 saturated heterocycles. The fourth-order valence-electron chi connectivity index (χ4n) is 3.58. The van der Waals surface area contributed by atoms with Gasteiger partial charge in [0.15, 0.2) is 0 Å². The molecule has 0 aromatic rings. The van der Waals surface area contributed by atoms with Crippen molar-refractivity contribution in [2.75, 3.05) is 13.1 Å². The van der Waals surface area contributed by atoms with E-state index >= 15 is 0 Å². The molecule has 0 bridgehead atoms. The maximum absolute atomic E-state index is 13.0.